The molecule has 140 valence electrons. The van der Waals surface area contributed by atoms with Gasteiger partial charge < -0.3 is 4.98 Å². The van der Waals surface area contributed by atoms with E-state index in [1.807, 2.05) is 55.9 Å². The molecule has 0 aliphatic heterocycles. The fraction of sp³-hybridized carbons (Fsp3) is 0.300. The zero-order chi connectivity index (χ0) is 19.6. The SMILES string of the molecule is CC.Cc1c(-c2ccn(C(C)C)n2)sc2nc(-c3ccccn3)[nH]c(=O)c12. The van der Waals surface area contributed by atoms with E-state index in [2.05, 4.69) is 33.9 Å². The first kappa shape index (κ1) is 19.0. The molecule has 0 bridgehead atoms. The van der Waals surface area contributed by atoms with Crippen LogP contribution in [-0.4, -0.2) is 24.7 Å². The summed E-state index contributed by atoms with van der Waals surface area (Å²) in [7, 11) is 0. The number of nitrogens with zero attached hydrogens (tertiary/aromatic N) is 4. The molecule has 27 heavy (non-hydrogen) atoms. The summed E-state index contributed by atoms with van der Waals surface area (Å²) in [4.78, 5) is 26.0. The predicted molar refractivity (Wildman–Crippen MR) is 111 cm³/mol. The third-order valence-corrected chi connectivity index (χ3v) is 5.29. The van der Waals surface area contributed by atoms with Crippen LogP contribution in [0.3, 0.4) is 0 Å². The smallest absolute Gasteiger partial charge is 0.260 e. The summed E-state index contributed by atoms with van der Waals surface area (Å²) in [6.45, 7) is 10.1. The van der Waals surface area contributed by atoms with Crippen LogP contribution in [0.25, 0.3) is 32.3 Å². The van der Waals surface area contributed by atoms with Gasteiger partial charge in [0.05, 0.1) is 10.3 Å². The van der Waals surface area contributed by atoms with Crippen LogP contribution in [0.1, 0.15) is 39.3 Å². The fourth-order valence-corrected chi connectivity index (χ4v) is 3.91. The highest BCUT2D eigenvalue weighted by molar-refractivity contribution is 7.22. The number of hydrogen-bond donors (Lipinski definition) is 1. The van der Waals surface area contributed by atoms with E-state index in [9.17, 15) is 4.79 Å². The number of rotatable bonds is 3. The Bertz CT molecular complexity index is 1110. The van der Waals surface area contributed by atoms with E-state index in [4.69, 9.17) is 0 Å². The lowest BCUT2D eigenvalue weighted by molar-refractivity contribution is 0.534. The standard InChI is InChI=1S/C18H17N5OS.C2H6/c1-10(2)23-9-7-12(22-23)15-11(3)14-17(24)20-16(21-18(14)25-15)13-6-4-5-8-19-13;1-2/h4-10H,1-3H3,(H,20,21,24);1-2H3. The van der Waals surface area contributed by atoms with Gasteiger partial charge in [0.2, 0.25) is 0 Å². The van der Waals surface area contributed by atoms with Crippen molar-refractivity contribution in [3.8, 4) is 22.1 Å². The Morgan fingerprint density at radius 1 is 1.15 bits per heavy atom. The second-order valence-electron chi connectivity index (χ2n) is 6.14. The number of hydrogen-bond acceptors (Lipinski definition) is 5. The van der Waals surface area contributed by atoms with Gasteiger partial charge in [0.1, 0.15) is 16.2 Å². The molecule has 0 amide bonds. The van der Waals surface area contributed by atoms with Crippen molar-refractivity contribution in [3.05, 3.63) is 52.6 Å². The first-order valence-corrected chi connectivity index (χ1v) is 9.86. The van der Waals surface area contributed by atoms with Crippen LogP contribution >= 0.6 is 11.3 Å². The number of H-pyrrole nitrogens is 1. The van der Waals surface area contributed by atoms with Crippen molar-refractivity contribution < 1.29 is 0 Å². The number of aromatic amines is 1. The average Bonchev–Trinajstić information content (AvgIpc) is 3.29. The molecule has 1 N–H and O–H groups in total. The Morgan fingerprint density at radius 2 is 1.93 bits per heavy atom. The molecule has 0 saturated heterocycles. The van der Waals surface area contributed by atoms with Crippen LogP contribution < -0.4 is 5.56 Å². The van der Waals surface area contributed by atoms with Crippen molar-refractivity contribution in [2.45, 2.75) is 40.7 Å². The van der Waals surface area contributed by atoms with Crippen LogP contribution in [-0.2, 0) is 0 Å². The fourth-order valence-electron chi connectivity index (χ4n) is 2.76. The van der Waals surface area contributed by atoms with E-state index < -0.39 is 0 Å². The van der Waals surface area contributed by atoms with Gasteiger partial charge >= 0.3 is 0 Å². The highest BCUT2D eigenvalue weighted by atomic mass is 32.1. The monoisotopic (exact) mass is 381 g/mol. The predicted octanol–water partition coefficient (Wildman–Crippen LogP) is 4.83. The number of aromatic nitrogens is 5. The maximum atomic E-state index is 12.6. The van der Waals surface area contributed by atoms with Crippen LogP contribution in [0, 0.1) is 6.92 Å². The summed E-state index contributed by atoms with van der Waals surface area (Å²) in [5, 5.41) is 5.24. The second kappa shape index (κ2) is 7.84. The van der Waals surface area contributed by atoms with E-state index in [0.717, 1.165) is 16.1 Å². The summed E-state index contributed by atoms with van der Waals surface area (Å²) < 4.78 is 1.91. The number of fused-ring (bicyclic) bond motifs is 1. The van der Waals surface area contributed by atoms with Crippen molar-refractivity contribution in [2.75, 3.05) is 0 Å². The zero-order valence-electron chi connectivity index (χ0n) is 16.1. The molecule has 0 unspecified atom stereocenters. The third kappa shape index (κ3) is 3.55. The molecule has 4 heterocycles. The van der Waals surface area contributed by atoms with Gasteiger partial charge in [-0.2, -0.15) is 5.10 Å². The summed E-state index contributed by atoms with van der Waals surface area (Å²) in [5.41, 5.74) is 2.29. The molecule has 7 heteroatoms. The average molecular weight is 382 g/mol. The lowest BCUT2D eigenvalue weighted by Crippen LogP contribution is -2.09. The number of thiophene rings is 1. The Hall–Kier alpha value is -2.80. The largest absolute Gasteiger partial charge is 0.305 e. The Balaban J connectivity index is 0.00000102. The van der Waals surface area contributed by atoms with E-state index in [1.54, 1.807) is 6.20 Å². The maximum Gasteiger partial charge on any atom is 0.260 e. The molecule has 4 rings (SSSR count). The van der Waals surface area contributed by atoms with Crippen LogP contribution in [0.4, 0.5) is 0 Å². The van der Waals surface area contributed by atoms with Gasteiger partial charge in [-0.15, -0.1) is 11.3 Å². The minimum absolute atomic E-state index is 0.144. The number of pyridine rings is 1. The molecule has 4 aromatic heterocycles. The summed E-state index contributed by atoms with van der Waals surface area (Å²) >= 11 is 1.49. The molecule has 6 nitrogen and oxygen atoms in total. The van der Waals surface area contributed by atoms with Gasteiger partial charge in [0, 0.05) is 18.4 Å². The van der Waals surface area contributed by atoms with Crippen molar-refractivity contribution in [1.29, 1.82) is 0 Å². The molecule has 0 fully saturated rings. The molecule has 0 aliphatic rings. The van der Waals surface area contributed by atoms with Crippen LogP contribution in [0.15, 0.2) is 41.5 Å². The quantitative estimate of drug-likeness (QED) is 0.552. The molecular weight excluding hydrogens is 358 g/mol. The highest BCUT2D eigenvalue weighted by Gasteiger charge is 2.18. The first-order valence-electron chi connectivity index (χ1n) is 9.05. The third-order valence-electron chi connectivity index (χ3n) is 4.08. The molecular formula is C20H23N5OS. The van der Waals surface area contributed by atoms with Gasteiger partial charge in [-0.3, -0.25) is 14.5 Å². The number of nitrogens with one attached hydrogen (secondary N) is 1. The Labute approximate surface area is 161 Å². The first-order chi connectivity index (χ1) is 13.0. The van der Waals surface area contributed by atoms with Gasteiger partial charge in [-0.05, 0) is 44.5 Å². The van der Waals surface area contributed by atoms with Crippen molar-refractivity contribution >= 4 is 21.6 Å². The van der Waals surface area contributed by atoms with Gasteiger partial charge in [0.15, 0.2) is 5.82 Å². The van der Waals surface area contributed by atoms with Crippen molar-refractivity contribution in [2.24, 2.45) is 0 Å². The zero-order valence-corrected chi connectivity index (χ0v) is 17.0. The number of aryl methyl sites for hydroxylation is 1. The highest BCUT2D eigenvalue weighted by Crippen LogP contribution is 2.35. The minimum atomic E-state index is -0.144. The summed E-state index contributed by atoms with van der Waals surface area (Å²) in [6, 6.07) is 7.80. The molecule has 0 atom stereocenters. The Morgan fingerprint density at radius 3 is 2.56 bits per heavy atom. The van der Waals surface area contributed by atoms with E-state index in [0.29, 0.717) is 27.8 Å². The normalized spacial score (nSPS) is 10.9. The molecule has 4 aromatic rings. The van der Waals surface area contributed by atoms with Crippen molar-refractivity contribution in [1.82, 2.24) is 24.7 Å². The van der Waals surface area contributed by atoms with E-state index in [1.165, 1.54) is 11.3 Å². The minimum Gasteiger partial charge on any atom is -0.305 e. The molecule has 0 aromatic carbocycles. The van der Waals surface area contributed by atoms with E-state index in [-0.39, 0.29) is 5.56 Å². The van der Waals surface area contributed by atoms with Crippen LogP contribution in [0.2, 0.25) is 0 Å². The summed E-state index contributed by atoms with van der Waals surface area (Å²) in [5.74, 6) is 0.485. The molecule has 0 aliphatic carbocycles. The maximum absolute atomic E-state index is 12.6. The van der Waals surface area contributed by atoms with Crippen molar-refractivity contribution in [3.63, 3.8) is 0 Å². The van der Waals surface area contributed by atoms with Gasteiger partial charge in [0.25, 0.3) is 5.56 Å². The van der Waals surface area contributed by atoms with Gasteiger partial charge in [-0.1, -0.05) is 19.9 Å². The molecule has 0 spiro atoms. The molecule has 0 radical (unpaired) electrons. The van der Waals surface area contributed by atoms with Gasteiger partial charge in [-0.25, -0.2) is 4.98 Å². The second-order valence-corrected chi connectivity index (χ2v) is 7.14. The van der Waals surface area contributed by atoms with Crippen LogP contribution in [0.5, 0.6) is 0 Å². The Kier molecular flexibility index (Phi) is 5.51. The lowest BCUT2D eigenvalue weighted by atomic mass is 10.2. The van der Waals surface area contributed by atoms with E-state index >= 15 is 0 Å². The molecule has 0 saturated carbocycles. The topological polar surface area (TPSA) is 76.5 Å². The summed E-state index contributed by atoms with van der Waals surface area (Å²) in [6.07, 6.45) is 3.64. The lowest BCUT2D eigenvalue weighted by Gasteiger charge is -2.03.